The van der Waals surface area contributed by atoms with E-state index >= 15 is 0 Å². The van der Waals surface area contributed by atoms with E-state index in [1.807, 2.05) is 24.3 Å². The van der Waals surface area contributed by atoms with Gasteiger partial charge < -0.3 is 14.5 Å². The van der Waals surface area contributed by atoms with Crippen molar-refractivity contribution < 1.29 is 18.7 Å². The SMILES string of the molecule is O=C(COC(=O)c1ccc(-c2nc3ccccc3s2)o1)NC1CCCCC1. The predicted molar refractivity (Wildman–Crippen MR) is 103 cm³/mol. The monoisotopic (exact) mass is 384 g/mol. The lowest BCUT2D eigenvalue weighted by Gasteiger charge is -2.22. The van der Waals surface area contributed by atoms with Gasteiger partial charge in [0.25, 0.3) is 5.91 Å². The van der Waals surface area contributed by atoms with E-state index in [2.05, 4.69) is 10.3 Å². The minimum atomic E-state index is -0.652. The van der Waals surface area contributed by atoms with Crippen molar-refractivity contribution in [2.45, 2.75) is 38.1 Å². The number of esters is 1. The van der Waals surface area contributed by atoms with E-state index in [0.717, 1.165) is 35.9 Å². The number of carbonyl (C=O) groups excluding carboxylic acids is 2. The first kappa shape index (κ1) is 17.7. The summed E-state index contributed by atoms with van der Waals surface area (Å²) in [5.74, 6) is -0.348. The maximum absolute atomic E-state index is 12.1. The highest BCUT2D eigenvalue weighted by molar-refractivity contribution is 7.21. The van der Waals surface area contributed by atoms with Crippen molar-refractivity contribution in [1.82, 2.24) is 10.3 Å². The smallest absolute Gasteiger partial charge is 0.374 e. The van der Waals surface area contributed by atoms with E-state index in [4.69, 9.17) is 9.15 Å². The number of amides is 1. The van der Waals surface area contributed by atoms with Crippen LogP contribution in [0, 0.1) is 0 Å². The maximum atomic E-state index is 12.1. The van der Waals surface area contributed by atoms with Crippen LogP contribution >= 0.6 is 11.3 Å². The van der Waals surface area contributed by atoms with Crippen LogP contribution in [0.3, 0.4) is 0 Å². The van der Waals surface area contributed by atoms with E-state index in [9.17, 15) is 9.59 Å². The molecule has 0 bridgehead atoms. The number of thiazole rings is 1. The Balaban J connectivity index is 1.35. The summed E-state index contributed by atoms with van der Waals surface area (Å²) < 4.78 is 11.7. The van der Waals surface area contributed by atoms with Gasteiger partial charge in [-0.05, 0) is 37.1 Å². The second kappa shape index (κ2) is 7.92. The highest BCUT2D eigenvalue weighted by Gasteiger charge is 2.19. The molecule has 3 aromatic rings. The van der Waals surface area contributed by atoms with Crippen LogP contribution in [-0.2, 0) is 9.53 Å². The van der Waals surface area contributed by atoms with E-state index in [0.29, 0.717) is 10.8 Å². The predicted octanol–water partition coefficient (Wildman–Crippen LogP) is 4.16. The third-order valence-corrected chi connectivity index (χ3v) is 5.67. The van der Waals surface area contributed by atoms with Gasteiger partial charge >= 0.3 is 5.97 Å². The number of benzene rings is 1. The highest BCUT2D eigenvalue weighted by atomic mass is 32.1. The van der Waals surface area contributed by atoms with Crippen LogP contribution in [0.2, 0.25) is 0 Å². The molecule has 0 unspecified atom stereocenters. The topological polar surface area (TPSA) is 81.4 Å². The average Bonchev–Trinajstić information content (AvgIpc) is 3.33. The van der Waals surface area contributed by atoms with Crippen LogP contribution in [0.5, 0.6) is 0 Å². The summed E-state index contributed by atoms with van der Waals surface area (Å²) in [6, 6.07) is 11.2. The van der Waals surface area contributed by atoms with E-state index in [1.54, 1.807) is 12.1 Å². The van der Waals surface area contributed by atoms with Crippen molar-refractivity contribution in [1.29, 1.82) is 0 Å². The summed E-state index contributed by atoms with van der Waals surface area (Å²) in [7, 11) is 0. The number of furan rings is 1. The standard InChI is InChI=1S/C20H20N2O4S/c23-18(21-13-6-2-1-3-7-13)12-25-20(24)16-11-10-15(26-16)19-22-14-8-4-5-9-17(14)27-19/h4-5,8-11,13H,1-3,6-7,12H2,(H,21,23). The van der Waals surface area contributed by atoms with Gasteiger partial charge in [-0.2, -0.15) is 0 Å². The molecule has 0 spiro atoms. The van der Waals surface area contributed by atoms with E-state index in [1.165, 1.54) is 17.8 Å². The van der Waals surface area contributed by atoms with Gasteiger partial charge in [-0.3, -0.25) is 4.79 Å². The lowest BCUT2D eigenvalue weighted by Crippen LogP contribution is -2.38. The molecule has 1 fully saturated rings. The van der Waals surface area contributed by atoms with Crippen molar-refractivity contribution in [3.05, 3.63) is 42.2 Å². The van der Waals surface area contributed by atoms with Crippen molar-refractivity contribution in [3.8, 4) is 10.8 Å². The second-order valence-electron chi connectivity index (χ2n) is 6.63. The van der Waals surface area contributed by atoms with Gasteiger partial charge in [0, 0.05) is 6.04 Å². The first-order chi connectivity index (χ1) is 13.2. The summed E-state index contributed by atoms with van der Waals surface area (Å²) >= 11 is 1.49. The van der Waals surface area contributed by atoms with Crippen LogP contribution < -0.4 is 5.32 Å². The minimum Gasteiger partial charge on any atom is -0.450 e. The number of fused-ring (bicyclic) bond motifs is 1. The van der Waals surface area contributed by atoms with Gasteiger partial charge in [0.1, 0.15) is 0 Å². The Labute approximate surface area is 160 Å². The fourth-order valence-corrected chi connectivity index (χ4v) is 4.19. The summed E-state index contributed by atoms with van der Waals surface area (Å²) in [5, 5.41) is 3.62. The molecular weight excluding hydrogens is 364 g/mol. The molecule has 2 heterocycles. The molecule has 0 saturated heterocycles. The zero-order valence-electron chi connectivity index (χ0n) is 14.8. The number of nitrogens with one attached hydrogen (secondary N) is 1. The molecular formula is C20H20N2O4S. The second-order valence-corrected chi connectivity index (χ2v) is 7.66. The third kappa shape index (κ3) is 4.19. The Hall–Kier alpha value is -2.67. The van der Waals surface area contributed by atoms with Gasteiger partial charge in [-0.15, -0.1) is 11.3 Å². The molecule has 0 aliphatic heterocycles. The molecule has 7 heteroatoms. The molecule has 1 saturated carbocycles. The number of hydrogen-bond donors (Lipinski definition) is 1. The first-order valence-corrected chi connectivity index (χ1v) is 9.93. The number of ether oxygens (including phenoxy) is 1. The Morgan fingerprint density at radius 2 is 1.96 bits per heavy atom. The van der Waals surface area contributed by atoms with Crippen molar-refractivity contribution in [2.75, 3.05) is 6.61 Å². The molecule has 4 rings (SSSR count). The van der Waals surface area contributed by atoms with Gasteiger partial charge in [0.15, 0.2) is 17.4 Å². The average molecular weight is 384 g/mol. The van der Waals surface area contributed by atoms with Gasteiger partial charge in [0.05, 0.1) is 10.2 Å². The molecule has 1 aliphatic rings. The van der Waals surface area contributed by atoms with Crippen LogP contribution in [0.4, 0.5) is 0 Å². The molecule has 1 N–H and O–H groups in total. The van der Waals surface area contributed by atoms with Crippen LogP contribution in [-0.4, -0.2) is 29.5 Å². The summed E-state index contributed by atoms with van der Waals surface area (Å²) in [5.41, 5.74) is 0.886. The fourth-order valence-electron chi connectivity index (χ4n) is 3.26. The number of carbonyl (C=O) groups is 2. The summed E-state index contributed by atoms with van der Waals surface area (Å²) in [4.78, 5) is 28.6. The molecule has 140 valence electrons. The number of aromatic nitrogens is 1. The zero-order valence-corrected chi connectivity index (χ0v) is 15.6. The number of para-hydroxylation sites is 1. The lowest BCUT2D eigenvalue weighted by molar-refractivity contribution is -0.125. The van der Waals surface area contributed by atoms with E-state index < -0.39 is 5.97 Å². The molecule has 6 nitrogen and oxygen atoms in total. The normalized spacial score (nSPS) is 15.0. The van der Waals surface area contributed by atoms with Gasteiger partial charge in [-0.1, -0.05) is 31.4 Å². The van der Waals surface area contributed by atoms with Gasteiger partial charge in [0.2, 0.25) is 5.76 Å². The lowest BCUT2D eigenvalue weighted by atomic mass is 9.95. The quantitative estimate of drug-likeness (QED) is 0.668. The Bertz CT molecular complexity index is 923. The Kier molecular flexibility index (Phi) is 5.20. The molecule has 0 atom stereocenters. The Morgan fingerprint density at radius 1 is 1.15 bits per heavy atom. The van der Waals surface area contributed by atoms with Crippen molar-refractivity contribution >= 4 is 33.4 Å². The molecule has 2 aromatic heterocycles. The maximum Gasteiger partial charge on any atom is 0.374 e. The van der Waals surface area contributed by atoms with E-state index in [-0.39, 0.29) is 24.3 Å². The minimum absolute atomic E-state index is 0.0646. The number of nitrogens with zero attached hydrogens (tertiary/aromatic N) is 1. The summed E-state index contributed by atoms with van der Waals surface area (Å²) in [6.07, 6.45) is 5.46. The molecule has 1 aromatic carbocycles. The third-order valence-electron chi connectivity index (χ3n) is 4.62. The molecule has 1 amide bonds. The zero-order chi connectivity index (χ0) is 18.6. The van der Waals surface area contributed by atoms with Crippen LogP contribution in [0.15, 0.2) is 40.8 Å². The van der Waals surface area contributed by atoms with Crippen LogP contribution in [0.25, 0.3) is 21.0 Å². The van der Waals surface area contributed by atoms with Crippen molar-refractivity contribution in [2.24, 2.45) is 0 Å². The van der Waals surface area contributed by atoms with Crippen LogP contribution in [0.1, 0.15) is 42.7 Å². The molecule has 27 heavy (non-hydrogen) atoms. The Morgan fingerprint density at radius 3 is 2.78 bits per heavy atom. The van der Waals surface area contributed by atoms with Gasteiger partial charge in [-0.25, -0.2) is 9.78 Å². The highest BCUT2D eigenvalue weighted by Crippen LogP contribution is 2.31. The van der Waals surface area contributed by atoms with Crippen molar-refractivity contribution in [3.63, 3.8) is 0 Å². The molecule has 0 radical (unpaired) electrons. The number of rotatable bonds is 5. The first-order valence-electron chi connectivity index (χ1n) is 9.11. The largest absolute Gasteiger partial charge is 0.450 e. The molecule has 1 aliphatic carbocycles. The summed E-state index contributed by atoms with van der Waals surface area (Å²) in [6.45, 7) is -0.299. The fraction of sp³-hybridized carbons (Fsp3) is 0.350. The number of hydrogen-bond acceptors (Lipinski definition) is 6.